The Balaban J connectivity index is 1.93. The first-order chi connectivity index (χ1) is 10.3. The number of anilines is 1. The molecular weight excluding hydrogens is 317 g/mol. The Morgan fingerprint density at radius 2 is 2.05 bits per heavy atom. The van der Waals surface area contributed by atoms with Gasteiger partial charge in [-0.2, -0.15) is 17.7 Å². The Labute approximate surface area is 127 Å². The van der Waals surface area contributed by atoms with Gasteiger partial charge in [0, 0.05) is 18.1 Å². The summed E-state index contributed by atoms with van der Waals surface area (Å²) in [5, 5.41) is 13.4. The number of hydrogen-bond donors (Lipinski definition) is 0. The van der Waals surface area contributed by atoms with E-state index in [2.05, 4.69) is 20.3 Å². The van der Waals surface area contributed by atoms with Gasteiger partial charge in [0.25, 0.3) is 5.82 Å². The third-order valence-electron chi connectivity index (χ3n) is 2.93. The van der Waals surface area contributed by atoms with Crippen molar-refractivity contribution in [1.82, 2.24) is 24.8 Å². The van der Waals surface area contributed by atoms with Crippen molar-refractivity contribution in [3.8, 4) is 0 Å². The molecule has 0 amide bonds. The predicted molar refractivity (Wildman–Crippen MR) is 74.7 cm³/mol. The van der Waals surface area contributed by atoms with E-state index in [1.165, 1.54) is 17.4 Å². The number of hydrogen-bond acceptors (Lipinski definition) is 6. The van der Waals surface area contributed by atoms with Gasteiger partial charge >= 0.3 is 6.18 Å². The number of halogens is 3. The van der Waals surface area contributed by atoms with Crippen LogP contribution < -0.4 is 4.90 Å². The molecule has 0 radical (unpaired) electrons. The van der Waals surface area contributed by atoms with Crippen LogP contribution >= 0.6 is 11.3 Å². The van der Waals surface area contributed by atoms with Crippen LogP contribution in [0, 0.1) is 6.92 Å². The summed E-state index contributed by atoms with van der Waals surface area (Å²) in [6.07, 6.45) is -4.60. The second-order valence-corrected chi connectivity index (χ2v) is 5.66. The van der Waals surface area contributed by atoms with E-state index in [0.717, 1.165) is 10.7 Å². The van der Waals surface area contributed by atoms with Crippen LogP contribution in [0.1, 0.15) is 16.5 Å². The van der Waals surface area contributed by atoms with Crippen LogP contribution in [0.5, 0.6) is 0 Å². The quantitative estimate of drug-likeness (QED) is 0.739. The van der Waals surface area contributed by atoms with Crippen molar-refractivity contribution in [2.24, 2.45) is 0 Å². The van der Waals surface area contributed by atoms with Crippen molar-refractivity contribution in [1.29, 1.82) is 0 Å². The molecule has 0 aromatic carbocycles. The second kappa shape index (κ2) is 5.20. The molecule has 3 rings (SSSR count). The highest BCUT2D eigenvalue weighted by molar-refractivity contribution is 7.09. The first-order valence-corrected chi connectivity index (χ1v) is 7.14. The number of nitrogens with zero attached hydrogens (tertiary/aromatic N) is 6. The zero-order chi connectivity index (χ0) is 15.9. The lowest BCUT2D eigenvalue weighted by Gasteiger charge is -2.16. The first-order valence-electron chi connectivity index (χ1n) is 6.26. The number of thiazole rings is 1. The van der Waals surface area contributed by atoms with Gasteiger partial charge in [0.1, 0.15) is 10.8 Å². The molecule has 0 unspecified atom stereocenters. The first kappa shape index (κ1) is 14.7. The number of rotatable bonds is 3. The van der Waals surface area contributed by atoms with Gasteiger partial charge in [-0.25, -0.2) is 4.98 Å². The summed E-state index contributed by atoms with van der Waals surface area (Å²) >= 11 is 1.49. The Bertz CT molecular complexity index is 809. The second-order valence-electron chi connectivity index (χ2n) is 4.72. The van der Waals surface area contributed by atoms with Crippen molar-refractivity contribution >= 4 is 22.8 Å². The number of alkyl halides is 3. The summed E-state index contributed by atoms with van der Waals surface area (Å²) in [7, 11) is 1.74. The van der Waals surface area contributed by atoms with Crippen LogP contribution in [-0.4, -0.2) is 31.8 Å². The van der Waals surface area contributed by atoms with E-state index >= 15 is 0 Å². The van der Waals surface area contributed by atoms with Gasteiger partial charge in [0.15, 0.2) is 5.65 Å². The molecule has 0 saturated carbocycles. The third kappa shape index (κ3) is 2.73. The summed E-state index contributed by atoms with van der Waals surface area (Å²) in [5.74, 6) is -0.756. The highest BCUT2D eigenvalue weighted by atomic mass is 32.1. The molecule has 10 heteroatoms. The van der Waals surface area contributed by atoms with E-state index in [0.29, 0.717) is 16.9 Å². The zero-order valence-electron chi connectivity index (χ0n) is 11.7. The van der Waals surface area contributed by atoms with E-state index in [-0.39, 0.29) is 5.65 Å². The number of aromatic nitrogens is 5. The van der Waals surface area contributed by atoms with Crippen molar-refractivity contribution in [3.63, 3.8) is 0 Å². The smallest absolute Gasteiger partial charge is 0.351 e. The Morgan fingerprint density at radius 1 is 1.27 bits per heavy atom. The van der Waals surface area contributed by atoms with E-state index in [4.69, 9.17) is 0 Å². The van der Waals surface area contributed by atoms with Crippen molar-refractivity contribution in [2.75, 3.05) is 11.9 Å². The standard InChI is InChI=1S/C12H11F3N6S/c1-7-6-22-10(16-7)5-20(2)9-4-3-8-17-18-11(12(13,14)15)21(8)19-9/h3-4,6H,5H2,1-2H3. The molecule has 0 aliphatic rings. The minimum absolute atomic E-state index is 0.0505. The lowest BCUT2D eigenvalue weighted by molar-refractivity contribution is -0.146. The van der Waals surface area contributed by atoms with Crippen LogP contribution in [0.3, 0.4) is 0 Å². The number of fused-ring (bicyclic) bond motifs is 1. The van der Waals surface area contributed by atoms with Gasteiger partial charge in [0.2, 0.25) is 0 Å². The van der Waals surface area contributed by atoms with Crippen LogP contribution in [0.2, 0.25) is 0 Å². The molecule has 0 aliphatic carbocycles. The molecule has 0 N–H and O–H groups in total. The summed E-state index contributed by atoms with van der Waals surface area (Å²) in [4.78, 5) is 6.04. The molecule has 3 heterocycles. The van der Waals surface area contributed by atoms with Gasteiger partial charge in [-0.15, -0.1) is 26.6 Å². The van der Waals surface area contributed by atoms with E-state index in [9.17, 15) is 13.2 Å². The molecule has 0 fully saturated rings. The molecule has 0 saturated heterocycles. The van der Waals surface area contributed by atoms with Crippen molar-refractivity contribution < 1.29 is 13.2 Å². The molecule has 0 atom stereocenters. The van der Waals surface area contributed by atoms with Crippen LogP contribution in [0.25, 0.3) is 5.65 Å². The maximum Gasteiger partial charge on any atom is 0.453 e. The predicted octanol–water partition coefficient (Wildman–Crippen LogP) is 2.54. The van der Waals surface area contributed by atoms with Crippen molar-refractivity contribution in [3.05, 3.63) is 34.0 Å². The summed E-state index contributed by atoms with van der Waals surface area (Å²) < 4.78 is 39.3. The maximum absolute atomic E-state index is 12.8. The van der Waals surface area contributed by atoms with Gasteiger partial charge in [-0.3, -0.25) is 0 Å². The molecule has 6 nitrogen and oxygen atoms in total. The Kier molecular flexibility index (Phi) is 3.47. The lowest BCUT2D eigenvalue weighted by Crippen LogP contribution is -2.20. The van der Waals surface area contributed by atoms with Crippen molar-refractivity contribution in [2.45, 2.75) is 19.6 Å². The highest BCUT2D eigenvalue weighted by Crippen LogP contribution is 2.28. The minimum atomic E-state index is -4.60. The minimum Gasteiger partial charge on any atom is -0.351 e. The SMILES string of the molecule is Cc1csc(CN(C)c2ccc3nnc(C(F)(F)F)n3n2)n1. The van der Waals surface area contributed by atoms with Crippen LogP contribution in [0.4, 0.5) is 19.0 Å². The van der Waals surface area contributed by atoms with Gasteiger partial charge in [-0.1, -0.05) is 0 Å². The lowest BCUT2D eigenvalue weighted by atomic mass is 10.4. The van der Waals surface area contributed by atoms with Gasteiger partial charge in [0.05, 0.1) is 6.54 Å². The summed E-state index contributed by atoms with van der Waals surface area (Å²) in [6, 6.07) is 3.05. The highest BCUT2D eigenvalue weighted by Gasteiger charge is 2.37. The summed E-state index contributed by atoms with van der Waals surface area (Å²) in [5.41, 5.74) is 0.963. The molecule has 3 aromatic heterocycles. The fraction of sp³-hybridized carbons (Fsp3) is 0.333. The molecule has 0 bridgehead atoms. The fourth-order valence-electron chi connectivity index (χ4n) is 1.92. The van der Waals surface area contributed by atoms with E-state index in [1.807, 2.05) is 12.3 Å². The van der Waals surface area contributed by atoms with Crippen LogP contribution in [0.15, 0.2) is 17.5 Å². The Hall–Kier alpha value is -2.23. The largest absolute Gasteiger partial charge is 0.453 e. The molecule has 116 valence electrons. The van der Waals surface area contributed by atoms with E-state index < -0.39 is 12.0 Å². The molecule has 22 heavy (non-hydrogen) atoms. The monoisotopic (exact) mass is 328 g/mol. The van der Waals surface area contributed by atoms with Crippen LogP contribution in [-0.2, 0) is 12.7 Å². The van der Waals surface area contributed by atoms with Gasteiger partial charge < -0.3 is 4.90 Å². The molecule has 3 aromatic rings. The molecule has 0 spiro atoms. The Morgan fingerprint density at radius 3 is 2.68 bits per heavy atom. The topological polar surface area (TPSA) is 59.2 Å². The normalized spacial score (nSPS) is 12.0. The number of aryl methyl sites for hydroxylation is 1. The average molecular weight is 328 g/mol. The third-order valence-corrected chi connectivity index (χ3v) is 3.88. The van der Waals surface area contributed by atoms with E-state index in [1.54, 1.807) is 18.0 Å². The molecule has 0 aliphatic heterocycles. The summed E-state index contributed by atoms with van der Waals surface area (Å²) in [6.45, 7) is 2.34. The van der Waals surface area contributed by atoms with Gasteiger partial charge in [-0.05, 0) is 19.1 Å². The fourth-order valence-corrected chi connectivity index (χ4v) is 2.74. The average Bonchev–Trinajstić information content (AvgIpc) is 3.03. The zero-order valence-corrected chi connectivity index (χ0v) is 12.5. The molecular formula is C12H11F3N6S. The maximum atomic E-state index is 12.8.